The van der Waals surface area contributed by atoms with Crippen LogP contribution >= 0.6 is 0 Å². The quantitative estimate of drug-likeness (QED) is 0.855. The van der Waals surface area contributed by atoms with Crippen LogP contribution < -0.4 is 0 Å². The summed E-state index contributed by atoms with van der Waals surface area (Å²) in [7, 11) is 0. The summed E-state index contributed by atoms with van der Waals surface area (Å²) in [6.07, 6.45) is 1.90. The Hall–Kier alpha value is -2.89. The average Bonchev–Trinajstić information content (AvgIpc) is 2.54. The van der Waals surface area contributed by atoms with Crippen LogP contribution in [0.5, 0.6) is 0 Å². The van der Waals surface area contributed by atoms with Crippen LogP contribution in [0, 0.1) is 0 Å². The summed E-state index contributed by atoms with van der Waals surface area (Å²) in [6.45, 7) is 1.41. The van der Waals surface area contributed by atoms with Crippen LogP contribution in [0.4, 0.5) is 4.79 Å². The van der Waals surface area contributed by atoms with Crippen molar-refractivity contribution in [1.29, 1.82) is 0 Å². The first-order valence-electron chi connectivity index (χ1n) is 7.10. The highest BCUT2D eigenvalue weighted by molar-refractivity contribution is 5.83. The summed E-state index contributed by atoms with van der Waals surface area (Å²) >= 11 is 0. The van der Waals surface area contributed by atoms with E-state index in [-0.39, 0.29) is 13.0 Å². The first-order chi connectivity index (χ1) is 10.9. The van der Waals surface area contributed by atoms with E-state index in [0.29, 0.717) is 5.56 Å². The third-order valence-corrected chi connectivity index (χ3v) is 3.77. The van der Waals surface area contributed by atoms with Crippen molar-refractivity contribution in [3.05, 3.63) is 66.0 Å². The van der Waals surface area contributed by atoms with E-state index in [9.17, 15) is 19.8 Å². The Morgan fingerprint density at radius 2 is 1.65 bits per heavy atom. The monoisotopic (exact) mass is 314 g/mol. The summed E-state index contributed by atoms with van der Waals surface area (Å²) in [5.41, 5.74) is -0.127. The number of hydrogen-bond donors (Lipinski definition) is 2. The highest BCUT2D eigenvalue weighted by Crippen LogP contribution is 2.24. The van der Waals surface area contributed by atoms with Gasteiger partial charge in [-0.25, -0.2) is 9.59 Å². The molecule has 1 atom stereocenters. The lowest BCUT2D eigenvalue weighted by Gasteiger charge is -2.36. The van der Waals surface area contributed by atoms with Crippen molar-refractivity contribution in [2.75, 3.05) is 0 Å². The molecule has 0 radical (unpaired) electrons. The van der Waals surface area contributed by atoms with Gasteiger partial charge in [0.25, 0.3) is 0 Å². The minimum Gasteiger partial charge on any atom is -0.479 e. The van der Waals surface area contributed by atoms with E-state index in [0.717, 1.165) is 10.5 Å². The predicted molar refractivity (Wildman–Crippen MR) is 84.0 cm³/mol. The number of carbonyl (C=O) groups is 2. The highest BCUT2D eigenvalue weighted by Gasteiger charge is 2.42. The van der Waals surface area contributed by atoms with Crippen LogP contribution in [0.2, 0.25) is 0 Å². The molecule has 1 amide bonds. The molecule has 1 aromatic carbocycles. The number of hydrogen-bond acceptors (Lipinski definition) is 3. The van der Waals surface area contributed by atoms with Gasteiger partial charge in [-0.15, -0.1) is 0 Å². The molecule has 2 aromatic rings. The normalized spacial score (nSPS) is 13.1. The molecule has 0 saturated carbocycles. The Balaban J connectivity index is 2.34. The number of rotatable bonds is 6. The van der Waals surface area contributed by atoms with Crippen molar-refractivity contribution in [1.82, 2.24) is 9.88 Å². The SMILES string of the molecule is C[C@](Cc1ccccc1)(C(=O)O)N(Cc1ccncc1)C(=O)O. The van der Waals surface area contributed by atoms with Crippen LogP contribution in [-0.2, 0) is 17.8 Å². The first kappa shape index (κ1) is 16.5. The molecule has 0 bridgehead atoms. The second-order valence-electron chi connectivity index (χ2n) is 5.47. The van der Waals surface area contributed by atoms with Gasteiger partial charge in [0.1, 0.15) is 5.54 Å². The van der Waals surface area contributed by atoms with Crippen molar-refractivity contribution in [3.8, 4) is 0 Å². The molecule has 0 unspecified atom stereocenters. The van der Waals surface area contributed by atoms with Crippen molar-refractivity contribution in [2.24, 2.45) is 0 Å². The molecule has 0 saturated heterocycles. The zero-order chi connectivity index (χ0) is 16.9. The summed E-state index contributed by atoms with van der Waals surface area (Å²) < 4.78 is 0. The maximum Gasteiger partial charge on any atom is 0.408 e. The van der Waals surface area contributed by atoms with E-state index in [1.165, 1.54) is 6.92 Å². The molecule has 2 rings (SSSR count). The molecule has 0 aliphatic heterocycles. The number of aliphatic carboxylic acids is 1. The van der Waals surface area contributed by atoms with E-state index in [1.54, 1.807) is 48.8 Å². The van der Waals surface area contributed by atoms with Crippen LogP contribution in [-0.4, -0.2) is 37.7 Å². The maximum absolute atomic E-state index is 11.8. The molecular formula is C17H18N2O4. The predicted octanol–water partition coefficient (Wildman–Crippen LogP) is 2.65. The molecule has 2 N–H and O–H groups in total. The number of nitrogens with zero attached hydrogens (tertiary/aromatic N) is 2. The van der Waals surface area contributed by atoms with Gasteiger partial charge in [-0.3, -0.25) is 9.88 Å². The van der Waals surface area contributed by atoms with E-state index in [1.807, 2.05) is 6.07 Å². The Bertz CT molecular complexity index is 676. The second kappa shape index (κ2) is 6.91. The summed E-state index contributed by atoms with van der Waals surface area (Å²) in [4.78, 5) is 28.4. The van der Waals surface area contributed by atoms with E-state index >= 15 is 0 Å². The number of pyridine rings is 1. The Kier molecular flexibility index (Phi) is 4.95. The topological polar surface area (TPSA) is 90.7 Å². The number of benzene rings is 1. The molecular weight excluding hydrogens is 296 g/mol. The zero-order valence-electron chi connectivity index (χ0n) is 12.7. The molecule has 23 heavy (non-hydrogen) atoms. The molecule has 0 aliphatic rings. The van der Waals surface area contributed by atoms with Gasteiger partial charge in [-0.2, -0.15) is 0 Å². The minimum absolute atomic E-state index is 0.0204. The average molecular weight is 314 g/mol. The lowest BCUT2D eigenvalue weighted by Crippen LogP contribution is -2.55. The third-order valence-electron chi connectivity index (χ3n) is 3.77. The fraction of sp³-hybridized carbons (Fsp3) is 0.235. The van der Waals surface area contributed by atoms with Crippen LogP contribution in [0.15, 0.2) is 54.9 Å². The Labute approximate surface area is 134 Å². The van der Waals surface area contributed by atoms with Crippen molar-refractivity contribution < 1.29 is 19.8 Å². The van der Waals surface area contributed by atoms with Gasteiger partial charge in [0, 0.05) is 18.8 Å². The fourth-order valence-electron chi connectivity index (χ4n) is 2.40. The molecule has 0 spiro atoms. The second-order valence-corrected chi connectivity index (χ2v) is 5.47. The third kappa shape index (κ3) is 3.85. The Morgan fingerprint density at radius 1 is 1.04 bits per heavy atom. The van der Waals surface area contributed by atoms with Crippen LogP contribution in [0.1, 0.15) is 18.1 Å². The van der Waals surface area contributed by atoms with Gasteiger partial charge in [-0.1, -0.05) is 30.3 Å². The van der Waals surface area contributed by atoms with Crippen LogP contribution in [0.25, 0.3) is 0 Å². The zero-order valence-corrected chi connectivity index (χ0v) is 12.7. The van der Waals surface area contributed by atoms with Gasteiger partial charge < -0.3 is 10.2 Å². The molecule has 0 aliphatic carbocycles. The van der Waals surface area contributed by atoms with Crippen molar-refractivity contribution in [3.63, 3.8) is 0 Å². The fourth-order valence-corrected chi connectivity index (χ4v) is 2.40. The van der Waals surface area contributed by atoms with E-state index < -0.39 is 17.6 Å². The van der Waals surface area contributed by atoms with Crippen LogP contribution in [0.3, 0.4) is 0 Å². The number of aromatic nitrogens is 1. The molecule has 0 fully saturated rings. The minimum atomic E-state index is -1.57. The Morgan fingerprint density at radius 3 is 2.17 bits per heavy atom. The van der Waals surface area contributed by atoms with Gasteiger partial charge in [0.15, 0.2) is 0 Å². The maximum atomic E-state index is 11.8. The summed E-state index contributed by atoms with van der Waals surface area (Å²) in [5.74, 6) is -1.18. The lowest BCUT2D eigenvalue weighted by atomic mass is 9.90. The smallest absolute Gasteiger partial charge is 0.408 e. The number of carboxylic acid groups (broad SMARTS) is 2. The standard InChI is InChI=1S/C17H18N2O4/c1-17(15(20)21,11-13-5-3-2-4-6-13)19(16(22)23)12-14-7-9-18-10-8-14/h2-10H,11-12H2,1H3,(H,20,21)(H,22,23)/t17-/m0/s1. The first-order valence-corrected chi connectivity index (χ1v) is 7.10. The molecule has 120 valence electrons. The van der Waals surface area contributed by atoms with E-state index in [2.05, 4.69) is 4.98 Å². The summed E-state index contributed by atoms with van der Waals surface area (Å²) in [5, 5.41) is 19.2. The number of amides is 1. The lowest BCUT2D eigenvalue weighted by molar-refractivity contribution is -0.149. The summed E-state index contributed by atoms with van der Waals surface area (Å²) in [6, 6.07) is 12.3. The van der Waals surface area contributed by atoms with Gasteiger partial charge in [-0.05, 0) is 30.2 Å². The highest BCUT2D eigenvalue weighted by atomic mass is 16.4. The van der Waals surface area contributed by atoms with Gasteiger partial charge in [0.2, 0.25) is 0 Å². The molecule has 1 heterocycles. The molecule has 1 aromatic heterocycles. The molecule has 6 heteroatoms. The largest absolute Gasteiger partial charge is 0.479 e. The number of carboxylic acids is 1. The van der Waals surface area contributed by atoms with Gasteiger partial charge >= 0.3 is 12.1 Å². The molecule has 6 nitrogen and oxygen atoms in total. The van der Waals surface area contributed by atoms with Gasteiger partial charge in [0.05, 0.1) is 6.54 Å². The van der Waals surface area contributed by atoms with E-state index in [4.69, 9.17) is 0 Å². The van der Waals surface area contributed by atoms with Crippen molar-refractivity contribution >= 4 is 12.1 Å². The van der Waals surface area contributed by atoms with Crippen molar-refractivity contribution in [2.45, 2.75) is 25.4 Å².